The predicted molar refractivity (Wildman–Crippen MR) is 102 cm³/mol. The van der Waals surface area contributed by atoms with Gasteiger partial charge in [0.05, 0.1) is 11.6 Å². The van der Waals surface area contributed by atoms with Gasteiger partial charge in [0.25, 0.3) is 5.91 Å². The lowest BCUT2D eigenvalue weighted by Gasteiger charge is -2.16. The van der Waals surface area contributed by atoms with Crippen molar-refractivity contribution in [1.29, 1.82) is 0 Å². The van der Waals surface area contributed by atoms with E-state index < -0.39 is 6.10 Å². The number of rotatable bonds is 8. The molecule has 2 aromatic rings. The smallest absolute Gasteiger partial charge is 0.265 e. The van der Waals surface area contributed by atoms with E-state index in [0.717, 1.165) is 18.6 Å². The zero-order chi connectivity index (χ0) is 18.2. The van der Waals surface area contributed by atoms with Gasteiger partial charge in [-0.1, -0.05) is 36.5 Å². The van der Waals surface area contributed by atoms with Gasteiger partial charge >= 0.3 is 0 Å². The number of carbonyl (C=O) groups is 1. The van der Waals surface area contributed by atoms with E-state index in [1.807, 2.05) is 12.1 Å². The van der Waals surface area contributed by atoms with Gasteiger partial charge in [-0.15, -0.1) is 0 Å². The molecule has 1 unspecified atom stereocenters. The summed E-state index contributed by atoms with van der Waals surface area (Å²) in [4.78, 5) is 12.3. The molecule has 0 aromatic heterocycles. The molecule has 0 saturated carbocycles. The molecule has 134 valence electrons. The minimum Gasteiger partial charge on any atom is -0.494 e. The Bertz CT molecular complexity index is 704. The highest BCUT2D eigenvalue weighted by Gasteiger charge is 2.16. The first kappa shape index (κ1) is 19.4. The van der Waals surface area contributed by atoms with Crippen LogP contribution in [-0.2, 0) is 4.79 Å². The topological polar surface area (TPSA) is 47.6 Å². The number of hydrogen-bond donors (Lipinski definition) is 1. The average Bonchev–Trinajstić information content (AvgIpc) is 2.59. The fourth-order valence-electron chi connectivity index (χ4n) is 2.03. The molecule has 2 aromatic carbocycles. The summed E-state index contributed by atoms with van der Waals surface area (Å²) in [6.45, 7) is 4.46. The van der Waals surface area contributed by atoms with Crippen molar-refractivity contribution in [2.75, 3.05) is 11.9 Å². The lowest BCUT2D eigenvalue weighted by atomic mass is 10.2. The predicted octanol–water partition coefficient (Wildman–Crippen LogP) is 5.58. The van der Waals surface area contributed by atoms with E-state index in [0.29, 0.717) is 28.1 Å². The summed E-state index contributed by atoms with van der Waals surface area (Å²) in [6.07, 6.45) is 1.39. The van der Waals surface area contributed by atoms with E-state index in [4.69, 9.17) is 32.7 Å². The van der Waals surface area contributed by atoms with Crippen LogP contribution in [0.15, 0.2) is 42.5 Å². The molecule has 4 nitrogen and oxygen atoms in total. The van der Waals surface area contributed by atoms with Gasteiger partial charge in [0.15, 0.2) is 6.10 Å². The van der Waals surface area contributed by atoms with Crippen molar-refractivity contribution in [3.05, 3.63) is 52.5 Å². The molecule has 1 amide bonds. The highest BCUT2D eigenvalue weighted by molar-refractivity contribution is 6.35. The zero-order valence-corrected chi connectivity index (χ0v) is 15.7. The summed E-state index contributed by atoms with van der Waals surface area (Å²) in [5.74, 6) is 0.919. The summed E-state index contributed by atoms with van der Waals surface area (Å²) in [7, 11) is 0. The fourth-order valence-corrected chi connectivity index (χ4v) is 2.48. The minimum atomic E-state index is -0.709. The van der Waals surface area contributed by atoms with Crippen LogP contribution in [0.5, 0.6) is 11.5 Å². The first-order valence-electron chi connectivity index (χ1n) is 8.15. The number of nitrogens with one attached hydrogen (secondary N) is 1. The maximum atomic E-state index is 12.3. The number of unbranched alkanes of at least 4 members (excludes halogenated alkanes) is 1. The molecule has 0 fully saturated rings. The third kappa shape index (κ3) is 6.15. The Hall–Kier alpha value is -1.91. The first-order chi connectivity index (χ1) is 12.0. The van der Waals surface area contributed by atoms with Crippen LogP contribution in [0, 0.1) is 0 Å². The number of halogens is 2. The van der Waals surface area contributed by atoms with Crippen LogP contribution < -0.4 is 14.8 Å². The van der Waals surface area contributed by atoms with Crippen molar-refractivity contribution >= 4 is 34.8 Å². The summed E-state index contributed by atoms with van der Waals surface area (Å²) in [6, 6.07) is 12.1. The van der Waals surface area contributed by atoms with E-state index >= 15 is 0 Å². The van der Waals surface area contributed by atoms with E-state index in [1.54, 1.807) is 37.3 Å². The van der Waals surface area contributed by atoms with Gasteiger partial charge < -0.3 is 14.8 Å². The van der Waals surface area contributed by atoms with Crippen molar-refractivity contribution in [3.8, 4) is 11.5 Å². The second kappa shape index (κ2) is 9.54. The Morgan fingerprint density at radius 1 is 1.16 bits per heavy atom. The molecular formula is C19H21Cl2NO3. The number of anilines is 1. The third-order valence-corrected chi connectivity index (χ3v) is 3.99. The summed E-state index contributed by atoms with van der Waals surface area (Å²) < 4.78 is 11.2. The highest BCUT2D eigenvalue weighted by atomic mass is 35.5. The monoisotopic (exact) mass is 381 g/mol. The molecule has 0 aliphatic carbocycles. The third-order valence-electron chi connectivity index (χ3n) is 3.46. The maximum absolute atomic E-state index is 12.3. The van der Waals surface area contributed by atoms with Gasteiger partial charge in [-0.3, -0.25) is 4.79 Å². The SMILES string of the molecule is CCCCOc1ccc(NC(=O)C(C)Oc2ccc(Cl)cc2Cl)cc1. The molecule has 0 heterocycles. The second-order valence-corrected chi connectivity index (χ2v) is 6.39. The molecule has 0 aliphatic heterocycles. The first-order valence-corrected chi connectivity index (χ1v) is 8.90. The number of benzene rings is 2. The number of hydrogen-bond acceptors (Lipinski definition) is 3. The van der Waals surface area contributed by atoms with Crippen LogP contribution in [0.4, 0.5) is 5.69 Å². The Morgan fingerprint density at radius 3 is 2.52 bits per heavy atom. The molecule has 0 spiro atoms. The largest absolute Gasteiger partial charge is 0.494 e. The Balaban J connectivity index is 1.89. The summed E-state index contributed by atoms with van der Waals surface area (Å²) in [5, 5.41) is 3.67. The van der Waals surface area contributed by atoms with E-state index in [-0.39, 0.29) is 5.91 Å². The van der Waals surface area contributed by atoms with Crippen LogP contribution in [0.25, 0.3) is 0 Å². The van der Waals surface area contributed by atoms with Crippen LogP contribution in [-0.4, -0.2) is 18.6 Å². The minimum absolute atomic E-state index is 0.273. The molecule has 0 radical (unpaired) electrons. The van der Waals surface area contributed by atoms with Crippen molar-refractivity contribution in [1.82, 2.24) is 0 Å². The van der Waals surface area contributed by atoms with Gasteiger partial charge in [0.2, 0.25) is 0 Å². The molecule has 1 N–H and O–H groups in total. The Labute approximate surface area is 158 Å². The average molecular weight is 382 g/mol. The zero-order valence-electron chi connectivity index (χ0n) is 14.2. The molecule has 0 saturated heterocycles. The second-order valence-electron chi connectivity index (χ2n) is 5.55. The molecular weight excluding hydrogens is 361 g/mol. The van der Waals surface area contributed by atoms with Gasteiger partial charge in [-0.05, 0) is 55.8 Å². The maximum Gasteiger partial charge on any atom is 0.265 e. The Morgan fingerprint density at radius 2 is 1.88 bits per heavy atom. The number of carbonyl (C=O) groups excluding carboxylic acids is 1. The molecule has 0 bridgehead atoms. The lowest BCUT2D eigenvalue weighted by Crippen LogP contribution is -2.30. The van der Waals surface area contributed by atoms with Crippen LogP contribution in [0.3, 0.4) is 0 Å². The van der Waals surface area contributed by atoms with Gasteiger partial charge in [-0.25, -0.2) is 0 Å². The van der Waals surface area contributed by atoms with E-state index in [9.17, 15) is 4.79 Å². The van der Waals surface area contributed by atoms with Crippen LogP contribution in [0.1, 0.15) is 26.7 Å². The fraction of sp³-hybridized carbons (Fsp3) is 0.316. The van der Waals surface area contributed by atoms with Gasteiger partial charge in [0.1, 0.15) is 11.5 Å². The Kier molecular flexibility index (Phi) is 7.41. The summed E-state index contributed by atoms with van der Waals surface area (Å²) in [5.41, 5.74) is 0.672. The van der Waals surface area contributed by atoms with Gasteiger partial charge in [0, 0.05) is 10.7 Å². The van der Waals surface area contributed by atoms with Crippen molar-refractivity contribution in [3.63, 3.8) is 0 Å². The quantitative estimate of drug-likeness (QED) is 0.607. The molecule has 6 heteroatoms. The lowest BCUT2D eigenvalue weighted by molar-refractivity contribution is -0.122. The summed E-state index contributed by atoms with van der Waals surface area (Å²) >= 11 is 11.9. The molecule has 2 rings (SSSR count). The normalized spacial score (nSPS) is 11.7. The van der Waals surface area contributed by atoms with Crippen LogP contribution >= 0.6 is 23.2 Å². The van der Waals surface area contributed by atoms with Crippen molar-refractivity contribution in [2.24, 2.45) is 0 Å². The molecule has 1 atom stereocenters. The highest BCUT2D eigenvalue weighted by Crippen LogP contribution is 2.28. The van der Waals surface area contributed by atoms with Crippen molar-refractivity contribution in [2.45, 2.75) is 32.8 Å². The van der Waals surface area contributed by atoms with Gasteiger partial charge in [-0.2, -0.15) is 0 Å². The van der Waals surface area contributed by atoms with Crippen LogP contribution in [0.2, 0.25) is 10.0 Å². The molecule has 25 heavy (non-hydrogen) atoms. The van der Waals surface area contributed by atoms with Crippen molar-refractivity contribution < 1.29 is 14.3 Å². The molecule has 0 aliphatic rings. The standard InChI is InChI=1S/C19H21Cl2NO3/c1-3-4-11-24-16-8-6-15(7-9-16)22-19(23)13(2)25-18-10-5-14(20)12-17(18)21/h5-10,12-13H,3-4,11H2,1-2H3,(H,22,23). The number of amides is 1. The van der Waals surface area contributed by atoms with E-state index in [1.165, 1.54) is 0 Å². The van der Waals surface area contributed by atoms with E-state index in [2.05, 4.69) is 12.2 Å². The number of ether oxygens (including phenoxy) is 2.